The minimum Gasteiger partial charge on any atom is -0.385 e. The van der Waals surface area contributed by atoms with E-state index in [1.54, 1.807) is 7.11 Å². The standard InChI is InChI=1S/C16H32N2O2/c1-6-13(4)15-16(19)18(9-7-8-10-20-5)14(17-15)11-12(2)3/h12-15,17H,6-11H2,1-5H3. The molecule has 1 fully saturated rings. The molecule has 1 aliphatic rings. The van der Waals surface area contributed by atoms with Crippen molar-refractivity contribution in [3.63, 3.8) is 0 Å². The third-order valence-corrected chi connectivity index (χ3v) is 4.20. The number of carbonyl (C=O) groups is 1. The predicted molar refractivity (Wildman–Crippen MR) is 82.4 cm³/mol. The number of hydrogen-bond donors (Lipinski definition) is 1. The lowest BCUT2D eigenvalue weighted by atomic mass is 9.99. The number of ether oxygens (including phenoxy) is 1. The number of hydrogen-bond acceptors (Lipinski definition) is 3. The second-order valence-corrected chi connectivity index (χ2v) is 6.41. The molecular weight excluding hydrogens is 252 g/mol. The molecule has 0 spiro atoms. The van der Waals surface area contributed by atoms with Gasteiger partial charge >= 0.3 is 0 Å². The molecule has 0 bridgehead atoms. The van der Waals surface area contributed by atoms with Crippen molar-refractivity contribution in [2.24, 2.45) is 11.8 Å². The summed E-state index contributed by atoms with van der Waals surface area (Å²) in [6.45, 7) is 10.4. The lowest BCUT2D eigenvalue weighted by Crippen LogP contribution is -2.39. The summed E-state index contributed by atoms with van der Waals surface area (Å²) in [4.78, 5) is 14.7. The second-order valence-electron chi connectivity index (χ2n) is 6.41. The van der Waals surface area contributed by atoms with E-state index in [2.05, 4.69) is 37.9 Å². The molecule has 0 radical (unpaired) electrons. The number of unbranched alkanes of at least 4 members (excludes halogenated alkanes) is 1. The van der Waals surface area contributed by atoms with E-state index in [-0.39, 0.29) is 12.2 Å². The van der Waals surface area contributed by atoms with E-state index in [9.17, 15) is 4.79 Å². The fourth-order valence-corrected chi connectivity index (χ4v) is 2.78. The summed E-state index contributed by atoms with van der Waals surface area (Å²) in [7, 11) is 1.73. The Morgan fingerprint density at radius 1 is 1.30 bits per heavy atom. The van der Waals surface area contributed by atoms with Crippen LogP contribution in [-0.4, -0.2) is 43.3 Å². The molecular formula is C16H32N2O2. The topological polar surface area (TPSA) is 41.6 Å². The van der Waals surface area contributed by atoms with Crippen LogP contribution < -0.4 is 5.32 Å². The molecule has 0 aromatic heterocycles. The Hall–Kier alpha value is -0.610. The van der Waals surface area contributed by atoms with E-state index < -0.39 is 0 Å². The molecule has 1 N–H and O–H groups in total. The van der Waals surface area contributed by atoms with Crippen LogP contribution in [0.25, 0.3) is 0 Å². The van der Waals surface area contributed by atoms with Crippen molar-refractivity contribution in [3.8, 4) is 0 Å². The van der Waals surface area contributed by atoms with Gasteiger partial charge in [-0.15, -0.1) is 0 Å². The zero-order chi connectivity index (χ0) is 15.1. The molecule has 1 heterocycles. The van der Waals surface area contributed by atoms with Crippen LogP contribution in [0, 0.1) is 11.8 Å². The van der Waals surface area contributed by atoms with Crippen molar-refractivity contribution in [3.05, 3.63) is 0 Å². The molecule has 0 aliphatic carbocycles. The molecule has 1 amide bonds. The fraction of sp³-hybridized carbons (Fsp3) is 0.938. The van der Waals surface area contributed by atoms with E-state index >= 15 is 0 Å². The van der Waals surface area contributed by atoms with E-state index in [0.29, 0.717) is 17.7 Å². The molecule has 0 saturated carbocycles. The first kappa shape index (κ1) is 17.4. The monoisotopic (exact) mass is 284 g/mol. The summed E-state index contributed by atoms with van der Waals surface area (Å²) >= 11 is 0. The Labute approximate surface area is 124 Å². The van der Waals surface area contributed by atoms with E-state index in [4.69, 9.17) is 4.74 Å². The van der Waals surface area contributed by atoms with Crippen LogP contribution in [0.1, 0.15) is 53.4 Å². The van der Waals surface area contributed by atoms with Gasteiger partial charge in [-0.3, -0.25) is 10.1 Å². The maximum atomic E-state index is 12.6. The summed E-state index contributed by atoms with van der Waals surface area (Å²) < 4.78 is 5.08. The number of rotatable bonds is 9. The first-order valence-electron chi connectivity index (χ1n) is 8.06. The summed E-state index contributed by atoms with van der Waals surface area (Å²) in [5.41, 5.74) is 0. The maximum Gasteiger partial charge on any atom is 0.241 e. The van der Waals surface area contributed by atoms with Gasteiger partial charge in [0, 0.05) is 20.3 Å². The van der Waals surface area contributed by atoms with Crippen molar-refractivity contribution in [1.29, 1.82) is 0 Å². The zero-order valence-corrected chi connectivity index (χ0v) is 13.8. The van der Waals surface area contributed by atoms with Gasteiger partial charge in [-0.1, -0.05) is 34.1 Å². The van der Waals surface area contributed by atoms with Crippen LogP contribution in [0.15, 0.2) is 0 Å². The Morgan fingerprint density at radius 2 is 2.00 bits per heavy atom. The van der Waals surface area contributed by atoms with Gasteiger partial charge in [0.1, 0.15) is 0 Å². The van der Waals surface area contributed by atoms with Crippen molar-refractivity contribution in [2.75, 3.05) is 20.3 Å². The summed E-state index contributed by atoms with van der Waals surface area (Å²) in [6, 6.07) is 0.00572. The van der Waals surface area contributed by atoms with E-state index in [1.165, 1.54) is 0 Å². The first-order chi connectivity index (χ1) is 9.51. The highest BCUT2D eigenvalue weighted by Crippen LogP contribution is 2.23. The maximum absolute atomic E-state index is 12.6. The highest BCUT2D eigenvalue weighted by Gasteiger charge is 2.40. The normalized spacial score (nSPS) is 24.7. The SMILES string of the molecule is CCC(C)C1NC(CC(C)C)N(CCCCOC)C1=O. The van der Waals surface area contributed by atoms with Gasteiger partial charge in [0.2, 0.25) is 5.91 Å². The van der Waals surface area contributed by atoms with Gasteiger partial charge in [0.25, 0.3) is 0 Å². The van der Waals surface area contributed by atoms with Crippen LogP contribution in [0.3, 0.4) is 0 Å². The molecule has 1 rings (SSSR count). The molecule has 20 heavy (non-hydrogen) atoms. The quantitative estimate of drug-likeness (QED) is 0.662. The Kier molecular flexibility index (Phi) is 7.52. The minimum absolute atomic E-state index is 0.00572. The molecule has 4 nitrogen and oxygen atoms in total. The Morgan fingerprint density at radius 3 is 2.55 bits per heavy atom. The fourth-order valence-electron chi connectivity index (χ4n) is 2.78. The molecule has 3 atom stereocenters. The van der Waals surface area contributed by atoms with Crippen LogP contribution in [0.2, 0.25) is 0 Å². The Bertz CT molecular complexity index is 294. The van der Waals surface area contributed by atoms with Crippen molar-refractivity contribution in [1.82, 2.24) is 10.2 Å². The number of nitrogens with zero attached hydrogens (tertiary/aromatic N) is 1. The van der Waals surface area contributed by atoms with E-state index in [1.807, 2.05) is 0 Å². The van der Waals surface area contributed by atoms with Crippen molar-refractivity contribution >= 4 is 5.91 Å². The van der Waals surface area contributed by atoms with Crippen LogP contribution >= 0.6 is 0 Å². The highest BCUT2D eigenvalue weighted by atomic mass is 16.5. The molecule has 3 unspecified atom stereocenters. The third kappa shape index (κ3) is 4.74. The largest absolute Gasteiger partial charge is 0.385 e. The predicted octanol–water partition coefficient (Wildman–Crippen LogP) is 2.63. The molecule has 1 saturated heterocycles. The summed E-state index contributed by atoms with van der Waals surface area (Å²) in [5.74, 6) is 1.29. The van der Waals surface area contributed by atoms with E-state index in [0.717, 1.165) is 38.8 Å². The van der Waals surface area contributed by atoms with Crippen molar-refractivity contribution < 1.29 is 9.53 Å². The first-order valence-corrected chi connectivity index (χ1v) is 8.06. The number of amides is 1. The highest BCUT2D eigenvalue weighted by molar-refractivity contribution is 5.84. The molecule has 1 aliphatic heterocycles. The second kappa shape index (κ2) is 8.63. The zero-order valence-electron chi connectivity index (χ0n) is 13.8. The van der Waals surface area contributed by atoms with Crippen LogP contribution in [0.4, 0.5) is 0 Å². The Balaban J connectivity index is 2.62. The minimum atomic E-state index is 0.00572. The molecule has 0 aromatic carbocycles. The van der Waals surface area contributed by atoms with Gasteiger partial charge in [0.05, 0.1) is 12.2 Å². The van der Waals surface area contributed by atoms with Gasteiger partial charge in [-0.25, -0.2) is 0 Å². The number of carbonyl (C=O) groups excluding carboxylic acids is 1. The van der Waals surface area contributed by atoms with Gasteiger partial charge in [-0.05, 0) is 31.1 Å². The number of nitrogens with one attached hydrogen (secondary N) is 1. The van der Waals surface area contributed by atoms with Gasteiger partial charge in [-0.2, -0.15) is 0 Å². The average Bonchev–Trinajstić information content (AvgIpc) is 2.70. The number of methoxy groups -OCH3 is 1. The smallest absolute Gasteiger partial charge is 0.241 e. The molecule has 0 aromatic rings. The molecule has 4 heteroatoms. The average molecular weight is 284 g/mol. The lowest BCUT2D eigenvalue weighted by molar-refractivity contribution is -0.131. The lowest BCUT2D eigenvalue weighted by Gasteiger charge is -2.25. The van der Waals surface area contributed by atoms with Crippen LogP contribution in [0.5, 0.6) is 0 Å². The summed E-state index contributed by atoms with van der Waals surface area (Å²) in [6.07, 6.45) is 4.31. The van der Waals surface area contributed by atoms with Crippen LogP contribution in [-0.2, 0) is 9.53 Å². The molecule has 118 valence electrons. The summed E-state index contributed by atoms with van der Waals surface area (Å²) in [5, 5.41) is 3.56. The van der Waals surface area contributed by atoms with Crippen molar-refractivity contribution in [2.45, 2.75) is 65.6 Å². The van der Waals surface area contributed by atoms with Gasteiger partial charge in [0.15, 0.2) is 0 Å². The third-order valence-electron chi connectivity index (χ3n) is 4.20. The van der Waals surface area contributed by atoms with Gasteiger partial charge < -0.3 is 9.64 Å².